The molecule has 0 aromatic carbocycles. The standard InChI is InChI=1S/C8H14O4P/c1-3-11-8(9)6-5-7-13(10)12-4-2/h5-6H,3-4,7H2,1-2H3/q+1/b6-5+. The number of ether oxygens (including phenoxy) is 1. The van der Waals surface area contributed by atoms with E-state index in [0.717, 1.165) is 0 Å². The van der Waals surface area contributed by atoms with Crippen molar-refractivity contribution in [3.63, 3.8) is 0 Å². The van der Waals surface area contributed by atoms with E-state index in [0.29, 0.717) is 13.2 Å². The van der Waals surface area contributed by atoms with E-state index in [1.165, 1.54) is 12.2 Å². The SMILES string of the molecule is CCOC(=O)/C=C/C[P+](=O)OCC. The minimum Gasteiger partial charge on any atom is -0.463 e. The van der Waals surface area contributed by atoms with Crippen LogP contribution in [0.15, 0.2) is 12.2 Å². The zero-order valence-electron chi connectivity index (χ0n) is 7.86. The Morgan fingerprint density at radius 3 is 2.62 bits per heavy atom. The topological polar surface area (TPSA) is 52.6 Å². The Kier molecular flexibility index (Phi) is 7.45. The average molecular weight is 205 g/mol. The molecule has 0 aliphatic carbocycles. The van der Waals surface area contributed by atoms with Gasteiger partial charge in [-0.05, 0) is 24.5 Å². The molecule has 13 heavy (non-hydrogen) atoms. The van der Waals surface area contributed by atoms with Crippen molar-refractivity contribution in [2.75, 3.05) is 19.4 Å². The first-order valence-corrected chi connectivity index (χ1v) is 5.47. The third-order valence-corrected chi connectivity index (χ3v) is 2.12. The van der Waals surface area contributed by atoms with Crippen LogP contribution in [0.4, 0.5) is 0 Å². The lowest BCUT2D eigenvalue weighted by atomic mass is 10.5. The molecular formula is C8H14O4P+. The summed E-state index contributed by atoms with van der Waals surface area (Å²) < 4.78 is 20.3. The summed E-state index contributed by atoms with van der Waals surface area (Å²) in [5.74, 6) is -0.414. The zero-order chi connectivity index (χ0) is 10.1. The third kappa shape index (κ3) is 7.62. The third-order valence-electron chi connectivity index (χ3n) is 1.07. The maximum Gasteiger partial charge on any atom is 0.512 e. The Bertz CT molecular complexity index is 200. The Balaban J connectivity index is 3.61. The van der Waals surface area contributed by atoms with Gasteiger partial charge in [-0.1, -0.05) is 0 Å². The summed E-state index contributed by atoms with van der Waals surface area (Å²) in [4.78, 5) is 10.7. The molecule has 0 saturated carbocycles. The maximum atomic E-state index is 10.9. The molecule has 0 spiro atoms. The fraction of sp³-hybridized carbons (Fsp3) is 0.625. The van der Waals surface area contributed by atoms with Crippen molar-refractivity contribution in [3.8, 4) is 0 Å². The molecule has 5 heteroatoms. The summed E-state index contributed by atoms with van der Waals surface area (Å²) in [6.45, 7) is 4.26. The van der Waals surface area contributed by atoms with Crippen LogP contribution in [0.1, 0.15) is 13.8 Å². The van der Waals surface area contributed by atoms with Crippen LogP contribution in [-0.2, 0) is 18.6 Å². The van der Waals surface area contributed by atoms with E-state index in [1.54, 1.807) is 13.8 Å². The molecule has 4 nitrogen and oxygen atoms in total. The minimum atomic E-state index is -1.67. The van der Waals surface area contributed by atoms with Gasteiger partial charge in [0.05, 0.1) is 13.2 Å². The smallest absolute Gasteiger partial charge is 0.463 e. The van der Waals surface area contributed by atoms with E-state index in [1.807, 2.05) is 0 Å². The predicted molar refractivity (Wildman–Crippen MR) is 49.9 cm³/mol. The second-order valence-electron chi connectivity index (χ2n) is 2.09. The maximum absolute atomic E-state index is 10.9. The van der Waals surface area contributed by atoms with Gasteiger partial charge in [-0.25, -0.2) is 4.79 Å². The van der Waals surface area contributed by atoms with Crippen molar-refractivity contribution in [1.82, 2.24) is 0 Å². The van der Waals surface area contributed by atoms with E-state index < -0.39 is 14.0 Å². The minimum absolute atomic E-state index is 0.252. The lowest BCUT2D eigenvalue weighted by Gasteiger charge is -1.92. The summed E-state index contributed by atoms with van der Waals surface area (Å²) in [7, 11) is -1.67. The number of rotatable bonds is 6. The lowest BCUT2D eigenvalue weighted by Crippen LogP contribution is -1.98. The second-order valence-corrected chi connectivity index (χ2v) is 3.38. The Morgan fingerprint density at radius 2 is 2.08 bits per heavy atom. The van der Waals surface area contributed by atoms with E-state index in [2.05, 4.69) is 4.74 Å². The first-order chi connectivity index (χ1) is 6.20. The van der Waals surface area contributed by atoms with Crippen molar-refractivity contribution < 1.29 is 18.6 Å². The van der Waals surface area contributed by atoms with Gasteiger partial charge in [0.1, 0.15) is 0 Å². The largest absolute Gasteiger partial charge is 0.512 e. The van der Waals surface area contributed by atoms with Gasteiger partial charge in [0.25, 0.3) is 0 Å². The quantitative estimate of drug-likeness (QED) is 0.377. The van der Waals surface area contributed by atoms with Crippen molar-refractivity contribution in [3.05, 3.63) is 12.2 Å². The van der Waals surface area contributed by atoms with Crippen molar-refractivity contribution in [2.24, 2.45) is 0 Å². The molecule has 0 fully saturated rings. The summed E-state index contributed by atoms with van der Waals surface area (Å²) in [6, 6.07) is 0. The van der Waals surface area contributed by atoms with Gasteiger partial charge < -0.3 is 4.74 Å². The summed E-state index contributed by atoms with van der Waals surface area (Å²) in [5, 5.41) is 0. The molecule has 0 aromatic heterocycles. The summed E-state index contributed by atoms with van der Waals surface area (Å²) in [5.41, 5.74) is 0. The van der Waals surface area contributed by atoms with Crippen LogP contribution in [0.25, 0.3) is 0 Å². The first-order valence-electron chi connectivity index (χ1n) is 4.11. The van der Waals surface area contributed by atoms with Gasteiger partial charge in [-0.3, -0.25) is 0 Å². The molecule has 74 valence electrons. The molecule has 0 amide bonds. The number of allylic oxidation sites excluding steroid dienone is 1. The van der Waals surface area contributed by atoms with Gasteiger partial charge in [0, 0.05) is 6.08 Å². The van der Waals surface area contributed by atoms with Crippen LogP contribution in [-0.4, -0.2) is 25.3 Å². The van der Waals surface area contributed by atoms with Crippen LogP contribution >= 0.6 is 8.03 Å². The monoisotopic (exact) mass is 205 g/mol. The number of hydrogen-bond acceptors (Lipinski definition) is 4. The fourth-order valence-corrected chi connectivity index (χ4v) is 1.29. The van der Waals surface area contributed by atoms with E-state index in [4.69, 9.17) is 4.52 Å². The molecule has 0 aliphatic rings. The van der Waals surface area contributed by atoms with Gasteiger partial charge >= 0.3 is 14.0 Å². The average Bonchev–Trinajstić information content (AvgIpc) is 2.05. The van der Waals surface area contributed by atoms with Gasteiger partial charge in [-0.2, -0.15) is 0 Å². The predicted octanol–water partition coefficient (Wildman–Crippen LogP) is 1.88. The van der Waals surface area contributed by atoms with Crippen LogP contribution < -0.4 is 0 Å². The van der Waals surface area contributed by atoms with E-state index >= 15 is 0 Å². The molecule has 0 heterocycles. The van der Waals surface area contributed by atoms with Crippen LogP contribution in [0.5, 0.6) is 0 Å². The van der Waals surface area contributed by atoms with Crippen LogP contribution in [0.3, 0.4) is 0 Å². The molecule has 0 saturated heterocycles. The normalized spacial score (nSPS) is 11.7. The molecular weight excluding hydrogens is 191 g/mol. The Hall–Kier alpha value is -0.730. The molecule has 1 atom stereocenters. The molecule has 0 radical (unpaired) electrons. The van der Waals surface area contributed by atoms with Crippen LogP contribution in [0, 0.1) is 0 Å². The molecule has 0 aliphatic heterocycles. The Morgan fingerprint density at radius 1 is 1.38 bits per heavy atom. The van der Waals surface area contributed by atoms with Crippen molar-refractivity contribution >= 4 is 14.0 Å². The highest BCUT2D eigenvalue weighted by Gasteiger charge is 2.12. The number of esters is 1. The number of carbonyl (C=O) groups excluding carboxylic acids is 1. The lowest BCUT2D eigenvalue weighted by molar-refractivity contribution is -0.137. The number of carbonyl (C=O) groups is 1. The number of hydrogen-bond donors (Lipinski definition) is 0. The molecule has 0 N–H and O–H groups in total. The fourth-order valence-electron chi connectivity index (χ4n) is 0.622. The zero-order valence-corrected chi connectivity index (χ0v) is 8.75. The van der Waals surface area contributed by atoms with Crippen LogP contribution in [0.2, 0.25) is 0 Å². The first kappa shape index (κ1) is 12.3. The molecule has 0 rings (SSSR count). The highest BCUT2D eigenvalue weighted by molar-refractivity contribution is 7.39. The van der Waals surface area contributed by atoms with Crippen molar-refractivity contribution in [1.29, 1.82) is 0 Å². The molecule has 1 unspecified atom stereocenters. The molecule has 0 bridgehead atoms. The summed E-state index contributed by atoms with van der Waals surface area (Å²) in [6.07, 6.45) is 3.00. The van der Waals surface area contributed by atoms with Crippen molar-refractivity contribution in [2.45, 2.75) is 13.8 Å². The van der Waals surface area contributed by atoms with E-state index in [9.17, 15) is 9.36 Å². The Labute approximate surface area is 78.8 Å². The van der Waals surface area contributed by atoms with Gasteiger partial charge in [0.15, 0.2) is 6.16 Å². The highest BCUT2D eigenvalue weighted by atomic mass is 31.1. The second kappa shape index (κ2) is 7.90. The molecule has 0 aromatic rings. The van der Waals surface area contributed by atoms with Gasteiger partial charge in [0.2, 0.25) is 0 Å². The van der Waals surface area contributed by atoms with E-state index in [-0.39, 0.29) is 6.16 Å². The summed E-state index contributed by atoms with van der Waals surface area (Å²) >= 11 is 0. The van der Waals surface area contributed by atoms with Gasteiger partial charge in [-0.15, -0.1) is 4.52 Å². The highest BCUT2D eigenvalue weighted by Crippen LogP contribution is 2.20.